The molecule has 0 aromatic heterocycles. The Morgan fingerprint density at radius 2 is 1.80 bits per heavy atom. The molecule has 2 nitrogen and oxygen atoms in total. The van der Waals surface area contributed by atoms with E-state index in [1.165, 1.54) is 0 Å². The van der Waals surface area contributed by atoms with Crippen molar-refractivity contribution in [1.29, 1.82) is 0 Å². The van der Waals surface area contributed by atoms with Gasteiger partial charge in [0.25, 0.3) is 0 Å². The Morgan fingerprint density at radius 1 is 1.13 bits per heavy atom. The third-order valence-corrected chi connectivity index (χ3v) is 5.31. The van der Waals surface area contributed by atoms with Crippen LogP contribution in [0.1, 0.15) is 26.2 Å². The van der Waals surface area contributed by atoms with E-state index < -0.39 is 8.87 Å². The van der Waals surface area contributed by atoms with Gasteiger partial charge in [0.15, 0.2) is 0 Å². The fourth-order valence-electron chi connectivity index (χ4n) is 1.19. The molecule has 0 atom stereocenters. The Hall–Kier alpha value is -0.480. The van der Waals surface area contributed by atoms with E-state index in [1.54, 1.807) is 0 Å². The molecule has 0 aliphatic carbocycles. The van der Waals surface area contributed by atoms with Gasteiger partial charge in [0.05, 0.1) is 5.75 Å². The molecule has 0 saturated carbocycles. The standard InChI is InChI=1S/C11H16O2S2/c1-2-3-7-10-15(12,13)14-11-8-5-4-6-9-11/h4-6,8-9H,2-3,7,10H2,1H3. The summed E-state index contributed by atoms with van der Waals surface area (Å²) >= 11 is 0. The topological polar surface area (TPSA) is 34.1 Å². The van der Waals surface area contributed by atoms with Gasteiger partial charge in [0.2, 0.25) is 8.87 Å². The van der Waals surface area contributed by atoms with Crippen molar-refractivity contribution in [3.63, 3.8) is 0 Å². The van der Waals surface area contributed by atoms with Crippen LogP contribution in [-0.4, -0.2) is 14.2 Å². The third-order valence-electron chi connectivity index (χ3n) is 1.96. The zero-order chi connectivity index (χ0) is 11.1. The predicted octanol–water partition coefficient (Wildman–Crippen LogP) is 3.30. The minimum absolute atomic E-state index is 0.278. The van der Waals surface area contributed by atoms with Gasteiger partial charge in [-0.3, -0.25) is 0 Å². The molecule has 0 fully saturated rings. The summed E-state index contributed by atoms with van der Waals surface area (Å²) in [5, 5.41) is 0. The average molecular weight is 244 g/mol. The zero-order valence-electron chi connectivity index (χ0n) is 8.85. The highest BCUT2D eigenvalue weighted by Gasteiger charge is 2.11. The zero-order valence-corrected chi connectivity index (χ0v) is 10.5. The Kier molecular flexibility index (Phi) is 5.19. The molecule has 84 valence electrons. The van der Waals surface area contributed by atoms with Crippen molar-refractivity contribution in [1.82, 2.24) is 0 Å². The maximum absolute atomic E-state index is 11.6. The van der Waals surface area contributed by atoms with E-state index in [2.05, 4.69) is 6.92 Å². The average Bonchev–Trinajstić information content (AvgIpc) is 2.18. The first kappa shape index (κ1) is 12.6. The predicted molar refractivity (Wildman–Crippen MR) is 65.6 cm³/mol. The summed E-state index contributed by atoms with van der Waals surface area (Å²) < 4.78 is 23.3. The van der Waals surface area contributed by atoms with Gasteiger partial charge in [-0.1, -0.05) is 38.0 Å². The van der Waals surface area contributed by atoms with E-state index in [0.29, 0.717) is 0 Å². The summed E-state index contributed by atoms with van der Waals surface area (Å²) in [6.45, 7) is 2.07. The lowest BCUT2D eigenvalue weighted by atomic mass is 10.3. The molecule has 0 aliphatic rings. The van der Waals surface area contributed by atoms with Gasteiger partial charge in [-0.05, 0) is 18.6 Å². The summed E-state index contributed by atoms with van der Waals surface area (Å²) in [5.74, 6) is 0.278. The van der Waals surface area contributed by atoms with Crippen LogP contribution in [0.5, 0.6) is 0 Å². The molecule has 1 aromatic rings. The number of unbranched alkanes of at least 4 members (excludes halogenated alkanes) is 2. The Bertz CT molecular complexity index is 371. The van der Waals surface area contributed by atoms with Crippen molar-refractivity contribution in [3.8, 4) is 0 Å². The molecule has 4 heteroatoms. The van der Waals surface area contributed by atoms with E-state index >= 15 is 0 Å². The van der Waals surface area contributed by atoms with Crippen LogP contribution in [0.15, 0.2) is 35.2 Å². The van der Waals surface area contributed by atoms with Gasteiger partial charge < -0.3 is 0 Å². The van der Waals surface area contributed by atoms with Crippen LogP contribution in [0.4, 0.5) is 0 Å². The number of benzene rings is 1. The second kappa shape index (κ2) is 6.18. The van der Waals surface area contributed by atoms with Crippen LogP contribution in [0.25, 0.3) is 0 Å². The molecule has 0 saturated heterocycles. The van der Waals surface area contributed by atoms with Crippen LogP contribution < -0.4 is 0 Å². The van der Waals surface area contributed by atoms with E-state index in [-0.39, 0.29) is 5.75 Å². The van der Waals surface area contributed by atoms with E-state index in [0.717, 1.165) is 35.0 Å². The Labute approximate surface area is 95.4 Å². The van der Waals surface area contributed by atoms with Gasteiger partial charge in [-0.2, -0.15) is 0 Å². The minimum atomic E-state index is -2.99. The SMILES string of the molecule is CCCCCS(=O)(=O)Sc1ccccc1. The summed E-state index contributed by atoms with van der Waals surface area (Å²) in [5.41, 5.74) is 0. The second-order valence-electron chi connectivity index (χ2n) is 3.37. The molecule has 15 heavy (non-hydrogen) atoms. The first-order chi connectivity index (χ1) is 7.14. The van der Waals surface area contributed by atoms with Crippen LogP contribution in [0, 0.1) is 0 Å². The van der Waals surface area contributed by atoms with Gasteiger partial charge in [-0.15, -0.1) is 0 Å². The lowest BCUT2D eigenvalue weighted by molar-refractivity contribution is 0.605. The summed E-state index contributed by atoms with van der Waals surface area (Å²) in [6, 6.07) is 9.23. The molecule has 1 rings (SSSR count). The summed E-state index contributed by atoms with van der Waals surface area (Å²) in [4.78, 5) is 0.800. The van der Waals surface area contributed by atoms with Crippen molar-refractivity contribution in [3.05, 3.63) is 30.3 Å². The molecule has 0 radical (unpaired) electrons. The van der Waals surface area contributed by atoms with Crippen molar-refractivity contribution in [2.24, 2.45) is 0 Å². The molecule has 0 N–H and O–H groups in total. The Balaban J connectivity index is 2.50. The molecule has 1 aromatic carbocycles. The molecule has 0 bridgehead atoms. The van der Waals surface area contributed by atoms with Gasteiger partial charge in [0.1, 0.15) is 0 Å². The first-order valence-electron chi connectivity index (χ1n) is 5.11. The maximum Gasteiger partial charge on any atom is 0.206 e. The minimum Gasteiger partial charge on any atom is -0.217 e. The van der Waals surface area contributed by atoms with Crippen molar-refractivity contribution >= 4 is 19.7 Å². The Morgan fingerprint density at radius 3 is 2.40 bits per heavy atom. The number of hydrogen-bond donors (Lipinski definition) is 0. The number of rotatable bonds is 6. The molecule has 0 amide bonds. The van der Waals surface area contributed by atoms with Gasteiger partial charge >= 0.3 is 0 Å². The smallest absolute Gasteiger partial charge is 0.206 e. The van der Waals surface area contributed by atoms with Crippen LogP contribution in [0.2, 0.25) is 0 Å². The summed E-state index contributed by atoms with van der Waals surface area (Å²) in [7, 11) is -2.02. The van der Waals surface area contributed by atoms with Crippen molar-refractivity contribution in [2.45, 2.75) is 31.1 Å². The highest BCUT2D eigenvalue weighted by Crippen LogP contribution is 2.25. The van der Waals surface area contributed by atoms with Gasteiger partial charge in [-0.25, -0.2) is 8.42 Å². The largest absolute Gasteiger partial charge is 0.217 e. The monoisotopic (exact) mass is 244 g/mol. The molecule has 0 spiro atoms. The van der Waals surface area contributed by atoms with Crippen molar-refractivity contribution < 1.29 is 8.42 Å². The van der Waals surface area contributed by atoms with E-state index in [9.17, 15) is 8.42 Å². The van der Waals surface area contributed by atoms with Gasteiger partial charge in [0, 0.05) is 15.7 Å². The van der Waals surface area contributed by atoms with Crippen molar-refractivity contribution in [2.75, 3.05) is 5.75 Å². The van der Waals surface area contributed by atoms with E-state index in [1.807, 2.05) is 30.3 Å². The summed E-state index contributed by atoms with van der Waals surface area (Å²) in [6.07, 6.45) is 2.79. The quantitative estimate of drug-likeness (QED) is 0.569. The molecule has 0 unspecified atom stereocenters. The lowest BCUT2D eigenvalue weighted by Gasteiger charge is -2.02. The van der Waals surface area contributed by atoms with E-state index in [4.69, 9.17) is 0 Å². The second-order valence-corrected chi connectivity index (χ2v) is 7.55. The number of hydrogen-bond acceptors (Lipinski definition) is 3. The third kappa shape index (κ3) is 5.23. The lowest BCUT2D eigenvalue weighted by Crippen LogP contribution is -2.00. The molecular weight excluding hydrogens is 228 g/mol. The molecule has 0 heterocycles. The molecule has 0 aliphatic heterocycles. The van der Waals surface area contributed by atoms with Crippen LogP contribution in [0.3, 0.4) is 0 Å². The normalized spacial score (nSPS) is 11.5. The fourth-order valence-corrected chi connectivity index (χ4v) is 4.21. The van der Waals surface area contributed by atoms with Crippen LogP contribution in [-0.2, 0) is 8.87 Å². The molecular formula is C11H16O2S2. The first-order valence-corrected chi connectivity index (χ1v) is 8.10. The maximum atomic E-state index is 11.6. The highest BCUT2D eigenvalue weighted by molar-refractivity contribution is 8.72. The highest BCUT2D eigenvalue weighted by atomic mass is 33.1. The fraction of sp³-hybridized carbons (Fsp3) is 0.455. The van der Waals surface area contributed by atoms with Crippen LogP contribution >= 0.6 is 10.8 Å².